The van der Waals surface area contributed by atoms with Crippen molar-refractivity contribution in [2.75, 3.05) is 0 Å². The number of aromatic nitrogens is 2. The lowest BCUT2D eigenvalue weighted by Crippen LogP contribution is -2.00. The molecule has 8 aromatic carbocycles. The van der Waals surface area contributed by atoms with Gasteiger partial charge >= 0.3 is 0 Å². The molecule has 0 saturated carbocycles. The third-order valence-electron chi connectivity index (χ3n) is 10.9. The van der Waals surface area contributed by atoms with E-state index in [4.69, 9.17) is 4.42 Å². The molecular weight excluding hydrogens is 673 g/mol. The predicted molar refractivity (Wildman–Crippen MR) is 223 cm³/mol. The van der Waals surface area contributed by atoms with Crippen molar-refractivity contribution >= 4 is 65.6 Å². The van der Waals surface area contributed by atoms with Gasteiger partial charge in [0.25, 0.3) is 0 Å². The minimum atomic E-state index is 0.544. The van der Waals surface area contributed by atoms with Gasteiger partial charge in [0.1, 0.15) is 11.2 Å². The van der Waals surface area contributed by atoms with Gasteiger partial charge in [-0.2, -0.15) is 10.5 Å². The first-order chi connectivity index (χ1) is 27.2. The van der Waals surface area contributed by atoms with Crippen molar-refractivity contribution in [1.82, 2.24) is 9.13 Å². The number of nitriles is 2. The molecule has 3 heterocycles. The van der Waals surface area contributed by atoms with Gasteiger partial charge < -0.3 is 13.6 Å². The molecule has 0 aliphatic heterocycles. The van der Waals surface area contributed by atoms with Gasteiger partial charge in [0.2, 0.25) is 0 Å². The summed E-state index contributed by atoms with van der Waals surface area (Å²) < 4.78 is 11.3. The van der Waals surface area contributed by atoms with Gasteiger partial charge in [-0.05, 0) is 107 Å². The van der Waals surface area contributed by atoms with Gasteiger partial charge in [0.15, 0.2) is 0 Å². The smallest absolute Gasteiger partial charge is 0.145 e. The Morgan fingerprint density at radius 3 is 1.62 bits per heavy atom. The Morgan fingerprint density at radius 2 is 0.927 bits per heavy atom. The average molecular weight is 701 g/mol. The fourth-order valence-corrected chi connectivity index (χ4v) is 8.53. The highest BCUT2D eigenvalue weighted by atomic mass is 16.3. The highest BCUT2D eigenvalue weighted by Gasteiger charge is 2.21. The fourth-order valence-electron chi connectivity index (χ4n) is 8.53. The van der Waals surface area contributed by atoms with Crippen LogP contribution in [0.1, 0.15) is 11.1 Å². The molecule has 0 aliphatic rings. The summed E-state index contributed by atoms with van der Waals surface area (Å²) in [7, 11) is 0. The van der Waals surface area contributed by atoms with Crippen molar-refractivity contribution in [1.29, 1.82) is 10.5 Å². The molecule has 254 valence electrons. The van der Waals surface area contributed by atoms with Gasteiger partial charge in [0, 0.05) is 38.3 Å². The van der Waals surface area contributed by atoms with Crippen molar-refractivity contribution in [2.24, 2.45) is 0 Å². The standard InChI is InChI=1S/C50H28N4O/c51-29-31-10-9-11-33(22-31)34-23-32(30-52)24-35(25-34)36-26-37(53-44-16-5-1-12-39(44)40-13-2-6-17-45(40)53)28-38(27-36)54-46-18-7-3-15-43(46)49-47(54)21-20-42-41-14-4-8-19-48(41)55-50(42)49/h1-28H. The molecule has 5 nitrogen and oxygen atoms in total. The van der Waals surface area contributed by atoms with E-state index >= 15 is 0 Å². The second-order valence-electron chi connectivity index (χ2n) is 14.0. The number of rotatable bonds is 4. The van der Waals surface area contributed by atoms with E-state index in [1.54, 1.807) is 6.07 Å². The van der Waals surface area contributed by atoms with E-state index in [0.717, 1.165) is 88.4 Å². The quantitative estimate of drug-likeness (QED) is 0.183. The maximum absolute atomic E-state index is 10.3. The summed E-state index contributed by atoms with van der Waals surface area (Å²) in [6, 6.07) is 63.1. The molecule has 11 aromatic rings. The summed E-state index contributed by atoms with van der Waals surface area (Å²) in [6.45, 7) is 0. The van der Waals surface area contributed by atoms with E-state index < -0.39 is 0 Å². The van der Waals surface area contributed by atoms with Crippen LogP contribution in [0, 0.1) is 22.7 Å². The number of nitrogens with zero attached hydrogens (tertiary/aromatic N) is 4. The predicted octanol–water partition coefficient (Wildman–Crippen LogP) is 12.9. The normalized spacial score (nSPS) is 11.6. The maximum atomic E-state index is 10.3. The van der Waals surface area contributed by atoms with Crippen LogP contribution in [0.5, 0.6) is 0 Å². The summed E-state index contributed by atoms with van der Waals surface area (Å²) in [5, 5.41) is 26.7. The van der Waals surface area contributed by atoms with E-state index in [0.29, 0.717) is 11.1 Å². The molecule has 0 bridgehead atoms. The Morgan fingerprint density at radius 1 is 0.382 bits per heavy atom. The van der Waals surface area contributed by atoms with Crippen molar-refractivity contribution in [2.45, 2.75) is 0 Å². The van der Waals surface area contributed by atoms with E-state index in [1.807, 2.05) is 42.5 Å². The number of para-hydroxylation sites is 4. The molecule has 55 heavy (non-hydrogen) atoms. The van der Waals surface area contributed by atoms with Crippen LogP contribution in [0.3, 0.4) is 0 Å². The Kier molecular flexibility index (Phi) is 6.61. The molecule has 0 N–H and O–H groups in total. The lowest BCUT2D eigenvalue weighted by molar-refractivity contribution is 0.673. The van der Waals surface area contributed by atoms with Crippen LogP contribution in [0.4, 0.5) is 0 Å². The van der Waals surface area contributed by atoms with Crippen LogP contribution in [0.15, 0.2) is 174 Å². The molecule has 0 unspecified atom stereocenters. The highest BCUT2D eigenvalue weighted by molar-refractivity contribution is 6.24. The molecule has 11 rings (SSSR count). The van der Waals surface area contributed by atoms with Gasteiger partial charge in [-0.25, -0.2) is 0 Å². The molecule has 0 atom stereocenters. The second kappa shape index (κ2) is 11.8. The summed E-state index contributed by atoms with van der Waals surface area (Å²) in [5.74, 6) is 0. The van der Waals surface area contributed by atoms with Gasteiger partial charge in [-0.3, -0.25) is 0 Å². The number of hydrogen-bond acceptors (Lipinski definition) is 3. The summed E-state index contributed by atoms with van der Waals surface area (Å²) >= 11 is 0. The van der Waals surface area contributed by atoms with Gasteiger partial charge in [-0.1, -0.05) is 84.9 Å². The monoisotopic (exact) mass is 700 g/mol. The largest absolute Gasteiger partial charge is 0.455 e. The first-order valence-electron chi connectivity index (χ1n) is 18.2. The first kappa shape index (κ1) is 30.7. The van der Waals surface area contributed by atoms with Gasteiger partial charge in [-0.15, -0.1) is 0 Å². The summed E-state index contributed by atoms with van der Waals surface area (Å²) in [4.78, 5) is 0. The molecule has 0 aliphatic carbocycles. The number of benzene rings is 8. The molecule has 0 spiro atoms. The minimum Gasteiger partial charge on any atom is -0.455 e. The molecule has 0 fully saturated rings. The van der Waals surface area contributed by atoms with E-state index in [2.05, 4.69) is 143 Å². The molecule has 0 saturated heterocycles. The van der Waals surface area contributed by atoms with Crippen LogP contribution in [0.2, 0.25) is 0 Å². The Bertz CT molecular complexity index is 3420. The number of fused-ring (bicyclic) bond motifs is 10. The molecule has 0 radical (unpaired) electrons. The highest BCUT2D eigenvalue weighted by Crippen LogP contribution is 2.42. The van der Waals surface area contributed by atoms with Crippen LogP contribution in [0.25, 0.3) is 99.2 Å². The van der Waals surface area contributed by atoms with E-state index in [9.17, 15) is 10.5 Å². The minimum absolute atomic E-state index is 0.544. The third kappa shape index (κ3) is 4.64. The van der Waals surface area contributed by atoms with E-state index in [-0.39, 0.29) is 0 Å². The fraction of sp³-hybridized carbons (Fsp3) is 0. The summed E-state index contributed by atoms with van der Waals surface area (Å²) in [6.07, 6.45) is 0. The Balaban J connectivity index is 1.25. The zero-order valence-electron chi connectivity index (χ0n) is 29.4. The lowest BCUT2D eigenvalue weighted by Gasteiger charge is -2.16. The molecule has 3 aromatic heterocycles. The third-order valence-corrected chi connectivity index (χ3v) is 10.9. The number of furan rings is 1. The van der Waals surface area contributed by atoms with Crippen molar-refractivity contribution in [3.63, 3.8) is 0 Å². The SMILES string of the molecule is N#Cc1cccc(-c2cc(C#N)cc(-c3cc(-n4c5ccccc5c5ccccc54)cc(-n4c5ccccc5c5c6oc7ccccc7c6ccc54)c3)c2)c1. The van der Waals surface area contributed by atoms with Crippen molar-refractivity contribution < 1.29 is 4.42 Å². The summed E-state index contributed by atoms with van der Waals surface area (Å²) in [5.41, 5.74) is 12.8. The first-order valence-corrected chi connectivity index (χ1v) is 18.2. The van der Waals surface area contributed by atoms with Crippen LogP contribution < -0.4 is 0 Å². The zero-order valence-corrected chi connectivity index (χ0v) is 29.4. The van der Waals surface area contributed by atoms with Crippen LogP contribution in [-0.4, -0.2) is 9.13 Å². The van der Waals surface area contributed by atoms with Crippen LogP contribution in [-0.2, 0) is 0 Å². The zero-order chi connectivity index (χ0) is 36.6. The molecule has 5 heteroatoms. The van der Waals surface area contributed by atoms with Crippen molar-refractivity contribution in [3.8, 4) is 45.8 Å². The Hall–Kier alpha value is -7.86. The number of hydrogen-bond donors (Lipinski definition) is 0. The average Bonchev–Trinajstić information content (AvgIpc) is 3.91. The van der Waals surface area contributed by atoms with Gasteiger partial charge in [0.05, 0.1) is 50.7 Å². The second-order valence-corrected chi connectivity index (χ2v) is 14.0. The molecule has 0 amide bonds. The van der Waals surface area contributed by atoms with Crippen LogP contribution >= 0.6 is 0 Å². The maximum Gasteiger partial charge on any atom is 0.145 e. The van der Waals surface area contributed by atoms with E-state index in [1.165, 1.54) is 10.8 Å². The van der Waals surface area contributed by atoms with Crippen molar-refractivity contribution in [3.05, 3.63) is 181 Å². The molecular formula is C50H28N4O. The topological polar surface area (TPSA) is 70.6 Å². The lowest BCUT2D eigenvalue weighted by atomic mass is 9.95. The Labute approximate surface area is 315 Å².